The van der Waals surface area contributed by atoms with Gasteiger partial charge in [-0.2, -0.15) is 4.31 Å². The number of methoxy groups -OCH3 is 1. The third-order valence-electron chi connectivity index (χ3n) is 2.79. The summed E-state index contributed by atoms with van der Waals surface area (Å²) >= 11 is 0. The first-order chi connectivity index (χ1) is 9.75. The molecule has 0 aliphatic rings. The summed E-state index contributed by atoms with van der Waals surface area (Å²) in [5, 5.41) is 13.2. The van der Waals surface area contributed by atoms with E-state index in [1.807, 2.05) is 0 Å². The van der Waals surface area contributed by atoms with Crippen molar-refractivity contribution in [3.63, 3.8) is 0 Å². The largest absolute Gasteiger partial charge is 0.387 e. The average molecular weight is 321 g/mol. The topological polar surface area (TPSA) is 102 Å². The van der Waals surface area contributed by atoms with Crippen LogP contribution in [0, 0.1) is 15.9 Å². The van der Waals surface area contributed by atoms with E-state index >= 15 is 0 Å². The number of nitro benzene ring substituents is 1. The average Bonchev–Trinajstić information content (AvgIpc) is 2.42. The van der Waals surface area contributed by atoms with E-state index in [1.165, 1.54) is 21.2 Å². The molecular weight excluding hydrogens is 305 g/mol. The predicted octanol–water partition coefficient (Wildman–Crippen LogP) is 1.04. The van der Waals surface area contributed by atoms with Crippen LogP contribution in [0.15, 0.2) is 17.0 Å². The lowest BCUT2D eigenvalue weighted by Crippen LogP contribution is -2.31. The lowest BCUT2D eigenvalue weighted by molar-refractivity contribution is -0.385. The third kappa shape index (κ3) is 3.65. The number of nitro groups is 1. The zero-order valence-corrected chi connectivity index (χ0v) is 12.6. The standard InChI is InChI=1S/C11H16FN3O5S/c1-13-10-7-8(15(16)17)6-9(12)11(10)21(18,19)14(2)4-5-20-3/h6-7,13H,4-5H2,1-3H3. The van der Waals surface area contributed by atoms with E-state index in [1.54, 1.807) is 0 Å². The molecular formula is C11H16FN3O5S. The third-order valence-corrected chi connectivity index (χ3v) is 4.72. The van der Waals surface area contributed by atoms with Crippen molar-refractivity contribution < 1.29 is 22.5 Å². The highest BCUT2D eigenvalue weighted by molar-refractivity contribution is 7.89. The Balaban J connectivity index is 3.38. The predicted molar refractivity (Wildman–Crippen MR) is 74.3 cm³/mol. The molecule has 0 fully saturated rings. The second-order valence-corrected chi connectivity index (χ2v) is 6.11. The molecule has 21 heavy (non-hydrogen) atoms. The van der Waals surface area contributed by atoms with Crippen LogP contribution in [0.3, 0.4) is 0 Å². The fourth-order valence-electron chi connectivity index (χ4n) is 1.63. The molecule has 0 saturated heterocycles. The molecule has 0 radical (unpaired) electrons. The van der Waals surface area contributed by atoms with Gasteiger partial charge in [-0.25, -0.2) is 12.8 Å². The molecule has 0 heterocycles. The van der Waals surface area contributed by atoms with Crippen molar-refractivity contribution in [1.29, 1.82) is 0 Å². The molecule has 1 N–H and O–H groups in total. The fourth-order valence-corrected chi connectivity index (χ4v) is 3.00. The highest BCUT2D eigenvalue weighted by Crippen LogP contribution is 2.31. The van der Waals surface area contributed by atoms with Crippen molar-refractivity contribution in [3.05, 3.63) is 28.1 Å². The molecule has 0 amide bonds. The Morgan fingerprint density at radius 1 is 1.48 bits per heavy atom. The number of likely N-dealkylation sites (N-methyl/N-ethyl adjacent to an activating group) is 1. The van der Waals surface area contributed by atoms with Crippen LogP contribution in [0.2, 0.25) is 0 Å². The number of halogens is 1. The number of nitrogens with one attached hydrogen (secondary N) is 1. The van der Waals surface area contributed by atoms with Crippen molar-refractivity contribution in [3.8, 4) is 0 Å². The lowest BCUT2D eigenvalue weighted by atomic mass is 10.2. The molecule has 0 unspecified atom stereocenters. The quantitative estimate of drug-likeness (QED) is 0.595. The molecule has 118 valence electrons. The number of hydrogen-bond acceptors (Lipinski definition) is 6. The Morgan fingerprint density at radius 2 is 2.10 bits per heavy atom. The van der Waals surface area contributed by atoms with Crippen molar-refractivity contribution in [2.24, 2.45) is 0 Å². The lowest BCUT2D eigenvalue weighted by Gasteiger charge is -2.19. The van der Waals surface area contributed by atoms with Gasteiger partial charge >= 0.3 is 0 Å². The maximum absolute atomic E-state index is 14.1. The van der Waals surface area contributed by atoms with Gasteiger partial charge in [0.25, 0.3) is 5.69 Å². The van der Waals surface area contributed by atoms with Crippen LogP contribution in [0.1, 0.15) is 0 Å². The minimum absolute atomic E-state index is 0.0262. The summed E-state index contributed by atoms with van der Waals surface area (Å²) in [5.41, 5.74) is -0.707. The normalized spacial score (nSPS) is 11.7. The Bertz CT molecular complexity index is 635. The Hall–Kier alpha value is -1.78. The molecule has 8 nitrogen and oxygen atoms in total. The van der Waals surface area contributed by atoms with Crippen LogP contribution in [0.25, 0.3) is 0 Å². The maximum atomic E-state index is 14.1. The maximum Gasteiger partial charge on any atom is 0.274 e. The van der Waals surface area contributed by atoms with Crippen molar-refractivity contribution in [1.82, 2.24) is 4.31 Å². The van der Waals surface area contributed by atoms with Crippen LogP contribution < -0.4 is 5.32 Å². The summed E-state index contributed by atoms with van der Waals surface area (Å²) < 4.78 is 44.4. The van der Waals surface area contributed by atoms with E-state index in [0.29, 0.717) is 6.07 Å². The number of non-ortho nitro benzene ring substituents is 1. The smallest absolute Gasteiger partial charge is 0.274 e. The Kier molecular flexibility index (Phi) is 5.58. The van der Waals surface area contributed by atoms with E-state index in [-0.39, 0.29) is 18.8 Å². The SMILES string of the molecule is CNc1cc([N+](=O)[O-])cc(F)c1S(=O)(=O)N(C)CCOC. The van der Waals surface area contributed by atoms with Crippen LogP contribution >= 0.6 is 0 Å². The van der Waals surface area contributed by atoms with Gasteiger partial charge in [0.15, 0.2) is 5.82 Å². The zero-order valence-electron chi connectivity index (χ0n) is 11.8. The molecule has 0 spiro atoms. The minimum Gasteiger partial charge on any atom is -0.387 e. The summed E-state index contributed by atoms with van der Waals surface area (Å²) in [4.78, 5) is 9.27. The van der Waals surface area contributed by atoms with Crippen LogP contribution in [-0.4, -0.2) is 52.0 Å². The monoisotopic (exact) mass is 321 g/mol. The Labute approximate surface area is 121 Å². The van der Waals surface area contributed by atoms with Crippen molar-refractivity contribution in [2.45, 2.75) is 4.90 Å². The van der Waals surface area contributed by atoms with Gasteiger partial charge in [0, 0.05) is 33.8 Å². The summed E-state index contributed by atoms with van der Waals surface area (Å²) in [7, 11) is -0.0989. The molecule has 0 bridgehead atoms. The summed E-state index contributed by atoms with van der Waals surface area (Å²) in [6.45, 7) is 0.164. The number of rotatable bonds is 7. The van der Waals surface area contributed by atoms with Crippen LogP contribution in [0.5, 0.6) is 0 Å². The summed E-state index contributed by atoms with van der Waals surface area (Å²) in [6, 6.07) is 1.55. The van der Waals surface area contributed by atoms with Crippen molar-refractivity contribution >= 4 is 21.4 Å². The molecule has 10 heteroatoms. The van der Waals surface area contributed by atoms with Crippen molar-refractivity contribution in [2.75, 3.05) is 39.7 Å². The van der Waals surface area contributed by atoms with E-state index in [9.17, 15) is 22.9 Å². The first-order valence-corrected chi connectivity index (χ1v) is 7.30. The Morgan fingerprint density at radius 3 is 2.57 bits per heavy atom. The summed E-state index contributed by atoms with van der Waals surface area (Å²) in [6.07, 6.45) is 0. The minimum atomic E-state index is -4.13. The molecule has 0 saturated carbocycles. The van der Waals surface area contributed by atoms with E-state index in [2.05, 4.69) is 5.32 Å². The van der Waals surface area contributed by atoms with Gasteiger partial charge in [-0.1, -0.05) is 0 Å². The summed E-state index contributed by atoms with van der Waals surface area (Å²) in [5.74, 6) is -1.18. The second kappa shape index (κ2) is 6.78. The highest BCUT2D eigenvalue weighted by atomic mass is 32.2. The highest BCUT2D eigenvalue weighted by Gasteiger charge is 2.29. The van der Waals surface area contributed by atoms with Gasteiger partial charge in [0.05, 0.1) is 23.3 Å². The number of hydrogen-bond donors (Lipinski definition) is 1. The number of sulfonamides is 1. The first-order valence-electron chi connectivity index (χ1n) is 5.86. The van der Waals surface area contributed by atoms with Crippen LogP contribution in [0.4, 0.5) is 15.8 Å². The van der Waals surface area contributed by atoms with Gasteiger partial charge in [-0.3, -0.25) is 10.1 Å². The van der Waals surface area contributed by atoms with Gasteiger partial charge in [0.1, 0.15) is 4.90 Å². The molecule has 0 aromatic heterocycles. The molecule has 1 aromatic rings. The van der Waals surface area contributed by atoms with E-state index in [0.717, 1.165) is 10.4 Å². The molecule has 0 aliphatic carbocycles. The molecule has 1 aromatic carbocycles. The van der Waals surface area contributed by atoms with Crippen LogP contribution in [-0.2, 0) is 14.8 Å². The van der Waals surface area contributed by atoms with Gasteiger partial charge in [-0.05, 0) is 0 Å². The van der Waals surface area contributed by atoms with Gasteiger partial charge in [0.2, 0.25) is 10.0 Å². The number of ether oxygens (including phenoxy) is 1. The first kappa shape index (κ1) is 17.3. The zero-order chi connectivity index (χ0) is 16.2. The van der Waals surface area contributed by atoms with E-state index in [4.69, 9.17) is 4.74 Å². The van der Waals surface area contributed by atoms with Gasteiger partial charge in [-0.15, -0.1) is 0 Å². The molecule has 0 aliphatic heterocycles. The number of nitrogens with zero attached hydrogens (tertiary/aromatic N) is 2. The van der Waals surface area contributed by atoms with Gasteiger partial charge < -0.3 is 10.1 Å². The van der Waals surface area contributed by atoms with E-state index < -0.39 is 31.3 Å². The number of benzene rings is 1. The second-order valence-electron chi connectivity index (χ2n) is 4.13. The fraction of sp³-hybridized carbons (Fsp3) is 0.455. The molecule has 1 rings (SSSR count). The molecule has 0 atom stereocenters. The number of anilines is 1.